The summed E-state index contributed by atoms with van der Waals surface area (Å²) in [5, 5.41) is 14.3. The average Bonchev–Trinajstić information content (AvgIpc) is 2.44. The number of hydrogen-bond donors (Lipinski definition) is 3. The molecule has 0 fully saturated rings. The number of ether oxygens (including phenoxy) is 1. The molecular formula is C15H22N2O4. The molecule has 0 saturated carbocycles. The van der Waals surface area contributed by atoms with Crippen molar-refractivity contribution in [2.24, 2.45) is 5.92 Å². The fourth-order valence-corrected chi connectivity index (χ4v) is 1.90. The van der Waals surface area contributed by atoms with Crippen LogP contribution in [-0.2, 0) is 16.1 Å². The van der Waals surface area contributed by atoms with Gasteiger partial charge >= 0.3 is 12.0 Å². The van der Waals surface area contributed by atoms with Crippen LogP contribution in [0.25, 0.3) is 0 Å². The van der Waals surface area contributed by atoms with Crippen LogP contribution < -0.4 is 10.6 Å². The SMILES string of the molecule is CCC(C)[C@H](NC(=O)Nc1cccc(COC)c1)C(=O)O. The summed E-state index contributed by atoms with van der Waals surface area (Å²) in [6, 6.07) is 5.76. The molecular weight excluding hydrogens is 272 g/mol. The van der Waals surface area contributed by atoms with Crippen LogP contribution >= 0.6 is 0 Å². The Balaban J connectivity index is 2.67. The lowest BCUT2D eigenvalue weighted by Crippen LogP contribution is -2.46. The lowest BCUT2D eigenvalue weighted by molar-refractivity contribution is -0.140. The molecule has 1 rings (SSSR count). The molecule has 0 aliphatic rings. The van der Waals surface area contributed by atoms with E-state index in [1.165, 1.54) is 0 Å². The quantitative estimate of drug-likeness (QED) is 0.721. The van der Waals surface area contributed by atoms with Crippen LogP contribution in [0.2, 0.25) is 0 Å². The van der Waals surface area contributed by atoms with Crippen molar-refractivity contribution in [3.63, 3.8) is 0 Å². The van der Waals surface area contributed by atoms with Gasteiger partial charge in [0, 0.05) is 12.8 Å². The van der Waals surface area contributed by atoms with E-state index in [0.717, 1.165) is 5.56 Å². The number of carboxylic acids is 1. The molecule has 1 aromatic carbocycles. The summed E-state index contributed by atoms with van der Waals surface area (Å²) in [4.78, 5) is 23.1. The number of nitrogens with one attached hydrogen (secondary N) is 2. The van der Waals surface area contributed by atoms with Gasteiger partial charge in [0.25, 0.3) is 0 Å². The average molecular weight is 294 g/mol. The molecule has 6 heteroatoms. The maximum absolute atomic E-state index is 11.9. The van der Waals surface area contributed by atoms with E-state index in [1.807, 2.05) is 13.0 Å². The number of benzene rings is 1. The number of carbonyl (C=O) groups is 2. The standard InChI is InChI=1S/C15H22N2O4/c1-4-10(2)13(14(18)19)17-15(20)16-12-7-5-6-11(8-12)9-21-3/h5-8,10,13H,4,9H2,1-3H3,(H,18,19)(H2,16,17,20)/t10?,13-/m0/s1. The van der Waals surface area contributed by atoms with Gasteiger partial charge in [-0.3, -0.25) is 0 Å². The first kappa shape index (κ1) is 17.0. The molecule has 0 spiro atoms. The lowest BCUT2D eigenvalue weighted by atomic mass is 9.99. The number of anilines is 1. The van der Waals surface area contributed by atoms with Gasteiger partial charge < -0.3 is 20.5 Å². The number of carboxylic acid groups (broad SMARTS) is 1. The van der Waals surface area contributed by atoms with Crippen LogP contribution in [0.1, 0.15) is 25.8 Å². The Morgan fingerprint density at radius 3 is 2.67 bits per heavy atom. The van der Waals surface area contributed by atoms with Crippen LogP contribution in [0.3, 0.4) is 0 Å². The molecule has 116 valence electrons. The van der Waals surface area contributed by atoms with Gasteiger partial charge in [-0.1, -0.05) is 32.4 Å². The van der Waals surface area contributed by atoms with E-state index in [1.54, 1.807) is 32.2 Å². The smallest absolute Gasteiger partial charge is 0.326 e. The molecule has 2 amide bonds. The summed E-state index contributed by atoms with van der Waals surface area (Å²) < 4.78 is 5.02. The number of rotatable bonds is 7. The Labute approximate surface area is 124 Å². The first-order valence-corrected chi connectivity index (χ1v) is 6.86. The molecule has 1 unspecified atom stereocenters. The topological polar surface area (TPSA) is 87.7 Å². The monoisotopic (exact) mass is 294 g/mol. The van der Waals surface area contributed by atoms with E-state index in [0.29, 0.717) is 18.7 Å². The van der Waals surface area contributed by atoms with Crippen LogP contribution in [0, 0.1) is 5.92 Å². The molecule has 21 heavy (non-hydrogen) atoms. The van der Waals surface area contributed by atoms with E-state index in [4.69, 9.17) is 9.84 Å². The summed E-state index contributed by atoms with van der Waals surface area (Å²) >= 11 is 0. The second-order valence-electron chi connectivity index (χ2n) is 4.93. The minimum absolute atomic E-state index is 0.145. The van der Waals surface area contributed by atoms with Crippen LogP contribution in [0.15, 0.2) is 24.3 Å². The maximum Gasteiger partial charge on any atom is 0.326 e. The van der Waals surface area contributed by atoms with Gasteiger partial charge in [0.15, 0.2) is 0 Å². The maximum atomic E-state index is 11.9. The predicted octanol–water partition coefficient (Wildman–Crippen LogP) is 2.45. The lowest BCUT2D eigenvalue weighted by Gasteiger charge is -2.20. The van der Waals surface area contributed by atoms with Crippen LogP contribution in [0.5, 0.6) is 0 Å². The Morgan fingerprint density at radius 2 is 2.10 bits per heavy atom. The molecule has 0 aliphatic carbocycles. The van der Waals surface area contributed by atoms with Gasteiger partial charge in [0.2, 0.25) is 0 Å². The highest BCUT2D eigenvalue weighted by molar-refractivity contribution is 5.92. The van der Waals surface area contributed by atoms with Crippen molar-refractivity contribution >= 4 is 17.7 Å². The highest BCUT2D eigenvalue weighted by Gasteiger charge is 2.25. The number of hydrogen-bond acceptors (Lipinski definition) is 3. The molecule has 6 nitrogen and oxygen atoms in total. The zero-order valence-corrected chi connectivity index (χ0v) is 12.6. The number of aliphatic carboxylic acids is 1. The Morgan fingerprint density at radius 1 is 1.38 bits per heavy atom. The summed E-state index contributed by atoms with van der Waals surface area (Å²) in [5.41, 5.74) is 1.52. The first-order chi connectivity index (χ1) is 9.97. The molecule has 0 saturated heterocycles. The second kappa shape index (κ2) is 8.26. The number of methoxy groups -OCH3 is 1. The Hall–Kier alpha value is -2.08. The molecule has 1 aromatic rings. The fraction of sp³-hybridized carbons (Fsp3) is 0.467. The summed E-state index contributed by atoms with van der Waals surface area (Å²) in [6.45, 7) is 4.12. The zero-order valence-electron chi connectivity index (χ0n) is 12.6. The van der Waals surface area contributed by atoms with E-state index < -0.39 is 18.0 Å². The molecule has 0 radical (unpaired) electrons. The number of carbonyl (C=O) groups excluding carboxylic acids is 1. The van der Waals surface area contributed by atoms with Gasteiger partial charge in [0.05, 0.1) is 6.61 Å². The van der Waals surface area contributed by atoms with Crippen molar-refractivity contribution in [2.45, 2.75) is 32.9 Å². The highest BCUT2D eigenvalue weighted by Crippen LogP contribution is 2.12. The van der Waals surface area contributed by atoms with Crippen LogP contribution in [0.4, 0.5) is 10.5 Å². The molecule has 0 aromatic heterocycles. The van der Waals surface area contributed by atoms with Gasteiger partial charge in [-0.2, -0.15) is 0 Å². The normalized spacial score (nSPS) is 13.3. The number of amides is 2. The summed E-state index contributed by atoms with van der Waals surface area (Å²) in [7, 11) is 1.59. The second-order valence-corrected chi connectivity index (χ2v) is 4.93. The number of urea groups is 1. The van der Waals surface area contributed by atoms with Gasteiger partial charge in [-0.05, 0) is 23.6 Å². The van der Waals surface area contributed by atoms with E-state index in [2.05, 4.69) is 10.6 Å². The van der Waals surface area contributed by atoms with Crippen molar-refractivity contribution in [2.75, 3.05) is 12.4 Å². The van der Waals surface area contributed by atoms with Crippen molar-refractivity contribution in [3.05, 3.63) is 29.8 Å². The molecule has 2 atom stereocenters. The van der Waals surface area contributed by atoms with Gasteiger partial charge in [0.1, 0.15) is 6.04 Å². The predicted molar refractivity (Wildman–Crippen MR) is 80.2 cm³/mol. The fourth-order valence-electron chi connectivity index (χ4n) is 1.90. The van der Waals surface area contributed by atoms with Crippen molar-refractivity contribution in [1.29, 1.82) is 0 Å². The molecule has 0 heterocycles. The Bertz CT molecular complexity index is 490. The van der Waals surface area contributed by atoms with E-state index in [-0.39, 0.29) is 5.92 Å². The van der Waals surface area contributed by atoms with Crippen molar-refractivity contribution < 1.29 is 19.4 Å². The molecule has 0 bridgehead atoms. The molecule has 3 N–H and O–H groups in total. The van der Waals surface area contributed by atoms with Gasteiger partial charge in [-0.15, -0.1) is 0 Å². The summed E-state index contributed by atoms with van der Waals surface area (Å²) in [6.07, 6.45) is 0.667. The minimum atomic E-state index is -1.03. The highest BCUT2D eigenvalue weighted by atomic mass is 16.5. The van der Waals surface area contributed by atoms with E-state index >= 15 is 0 Å². The van der Waals surface area contributed by atoms with Crippen molar-refractivity contribution in [1.82, 2.24) is 5.32 Å². The van der Waals surface area contributed by atoms with Gasteiger partial charge in [-0.25, -0.2) is 9.59 Å². The van der Waals surface area contributed by atoms with E-state index in [9.17, 15) is 9.59 Å². The minimum Gasteiger partial charge on any atom is -0.480 e. The van der Waals surface area contributed by atoms with Crippen LogP contribution in [-0.4, -0.2) is 30.3 Å². The largest absolute Gasteiger partial charge is 0.480 e. The third kappa shape index (κ3) is 5.43. The third-order valence-electron chi connectivity index (χ3n) is 3.26. The zero-order chi connectivity index (χ0) is 15.8. The third-order valence-corrected chi connectivity index (χ3v) is 3.26. The van der Waals surface area contributed by atoms with Crippen molar-refractivity contribution in [3.8, 4) is 0 Å². The Kier molecular flexibility index (Phi) is 6.68. The summed E-state index contributed by atoms with van der Waals surface area (Å²) in [5.74, 6) is -1.18. The molecule has 0 aliphatic heterocycles. The first-order valence-electron chi connectivity index (χ1n) is 6.86.